The summed E-state index contributed by atoms with van der Waals surface area (Å²) >= 11 is 0. The Morgan fingerprint density at radius 1 is 1.50 bits per heavy atom. The zero-order valence-corrected chi connectivity index (χ0v) is 3.92. The van der Waals surface area contributed by atoms with Crippen LogP contribution >= 0.6 is 0 Å². The quantitative estimate of drug-likeness (QED) is 0.261. The Bertz CT molecular complexity index is 16.4. The van der Waals surface area contributed by atoms with Gasteiger partial charge in [-0.25, -0.2) is 0 Å². The van der Waals surface area contributed by atoms with Crippen LogP contribution in [0.1, 0.15) is 1.43 Å². The Hall–Kier alpha value is 0.711. The molecule has 0 aromatic heterocycles. The minimum absolute atomic E-state index is 0. The molecule has 0 aromatic rings. The first-order chi connectivity index (χ1) is 1.00. The van der Waals surface area contributed by atoms with Crippen LogP contribution in [0, 0.1) is 11.8 Å². The number of hydrogen-bond donors (Lipinski definition) is 0. The van der Waals surface area contributed by atoms with Gasteiger partial charge in [0.25, 0.3) is 0 Å². The maximum absolute atomic E-state index is 6.25. The molecule has 0 spiro atoms. The van der Waals surface area contributed by atoms with E-state index in [-0.39, 0.29) is 39.8 Å². The van der Waals surface area contributed by atoms with E-state index in [1.807, 2.05) is 0 Å². The second kappa shape index (κ2) is 54.0. The minimum Gasteiger partial charge on any atom is -1.00 e. The van der Waals surface area contributed by atoms with Crippen molar-refractivity contribution in [1.82, 2.24) is 0 Å². The SMILES string of the molecule is [C-]#N.[H-].[Li+].[Rh]. The van der Waals surface area contributed by atoms with Crippen LogP contribution < -0.4 is 18.9 Å². The summed E-state index contributed by atoms with van der Waals surface area (Å²) in [6, 6.07) is 0. The second-order valence-corrected chi connectivity index (χ2v) is 0. The van der Waals surface area contributed by atoms with Gasteiger partial charge >= 0.3 is 18.9 Å². The van der Waals surface area contributed by atoms with Gasteiger partial charge in [0.1, 0.15) is 0 Å². The Kier molecular flexibility index (Phi) is 299. The first-order valence-electron chi connectivity index (χ1n) is 0.224. The van der Waals surface area contributed by atoms with Gasteiger partial charge in [-0.15, -0.1) is 0 Å². The van der Waals surface area contributed by atoms with E-state index < -0.39 is 0 Å². The fourth-order valence-corrected chi connectivity index (χ4v) is 0. The van der Waals surface area contributed by atoms with Gasteiger partial charge < -0.3 is 13.3 Å². The van der Waals surface area contributed by atoms with E-state index >= 15 is 0 Å². The maximum atomic E-state index is 6.25. The van der Waals surface area contributed by atoms with E-state index in [9.17, 15) is 0 Å². The van der Waals surface area contributed by atoms with Crippen molar-refractivity contribution in [2.45, 2.75) is 0 Å². The Labute approximate surface area is 51.8 Å². The van der Waals surface area contributed by atoms with Crippen LogP contribution in [-0.2, 0) is 19.5 Å². The van der Waals surface area contributed by atoms with E-state index in [0.29, 0.717) is 0 Å². The zero-order valence-electron chi connectivity index (χ0n) is 3.28. The first kappa shape index (κ1) is 22.2. The van der Waals surface area contributed by atoms with E-state index in [4.69, 9.17) is 11.8 Å². The zero-order chi connectivity index (χ0) is 2.00. The van der Waals surface area contributed by atoms with Crippen molar-refractivity contribution < 1.29 is 39.8 Å². The van der Waals surface area contributed by atoms with Gasteiger partial charge in [-0.2, -0.15) is 0 Å². The smallest absolute Gasteiger partial charge is 1.00 e. The summed E-state index contributed by atoms with van der Waals surface area (Å²) in [6.45, 7) is 4.75. The van der Waals surface area contributed by atoms with Crippen LogP contribution in [0.3, 0.4) is 0 Å². The maximum Gasteiger partial charge on any atom is 1.00 e. The molecule has 0 rings (SSSR count). The summed E-state index contributed by atoms with van der Waals surface area (Å²) in [7, 11) is 0. The fourth-order valence-electron chi connectivity index (χ4n) is 0. The van der Waals surface area contributed by atoms with Crippen LogP contribution in [0.5, 0.6) is 0 Å². The van der Waals surface area contributed by atoms with Gasteiger partial charge in [0.05, 0.1) is 0 Å². The molecule has 0 saturated carbocycles. The summed E-state index contributed by atoms with van der Waals surface area (Å²) in [5.41, 5.74) is 0. The summed E-state index contributed by atoms with van der Waals surface area (Å²) in [5, 5.41) is 6.25. The summed E-state index contributed by atoms with van der Waals surface area (Å²) in [4.78, 5) is 0. The summed E-state index contributed by atoms with van der Waals surface area (Å²) < 4.78 is 0. The third kappa shape index (κ3) is 15.7. The second-order valence-electron chi connectivity index (χ2n) is 0. The number of hydrogen-bond acceptors (Lipinski definition) is 1. The van der Waals surface area contributed by atoms with Gasteiger partial charge in [-0.1, -0.05) is 0 Å². The summed E-state index contributed by atoms with van der Waals surface area (Å²) in [5.74, 6) is 0. The Morgan fingerprint density at radius 2 is 1.50 bits per heavy atom. The Morgan fingerprint density at radius 3 is 1.50 bits per heavy atom. The third-order valence-corrected chi connectivity index (χ3v) is 0. The molecule has 0 N–H and O–H groups in total. The molecule has 0 aliphatic heterocycles. The number of nitrogens with zero attached hydrogens (tertiary/aromatic N) is 1. The van der Waals surface area contributed by atoms with Gasteiger partial charge in [0, 0.05) is 19.5 Å². The predicted octanol–water partition coefficient (Wildman–Crippen LogP) is -2.79. The largest absolute Gasteiger partial charge is 1.00 e. The molecule has 0 bridgehead atoms. The molecule has 3 heteroatoms. The van der Waals surface area contributed by atoms with Crippen LogP contribution in [0.4, 0.5) is 0 Å². The standard InChI is InChI=1S/CN.Li.Rh.H/c1-2;;;/q-1;+1;;-1. The molecule has 0 aliphatic rings. The molecule has 0 heterocycles. The van der Waals surface area contributed by atoms with E-state index in [1.54, 1.807) is 0 Å². The van der Waals surface area contributed by atoms with Gasteiger partial charge in [-0.3, -0.25) is 0 Å². The average molecular weight is 137 g/mol. The predicted molar refractivity (Wildman–Crippen MR) is 6.08 cm³/mol. The van der Waals surface area contributed by atoms with Gasteiger partial charge in [0.15, 0.2) is 0 Å². The van der Waals surface area contributed by atoms with E-state index in [1.165, 1.54) is 0 Å². The van der Waals surface area contributed by atoms with Crippen LogP contribution in [0.15, 0.2) is 0 Å². The molecule has 0 fully saturated rings. The van der Waals surface area contributed by atoms with E-state index in [0.717, 1.165) is 0 Å². The molecule has 0 aromatic carbocycles. The summed E-state index contributed by atoms with van der Waals surface area (Å²) in [6.07, 6.45) is 0. The molecule has 0 unspecified atom stereocenters. The van der Waals surface area contributed by atoms with Gasteiger partial charge in [0.2, 0.25) is 0 Å². The number of rotatable bonds is 0. The van der Waals surface area contributed by atoms with Crippen LogP contribution in [0.2, 0.25) is 0 Å². The van der Waals surface area contributed by atoms with Crippen molar-refractivity contribution in [1.29, 1.82) is 5.26 Å². The topological polar surface area (TPSA) is 23.8 Å². The molecule has 0 aliphatic carbocycles. The fraction of sp³-hybridized carbons (Fsp3) is 0. The van der Waals surface area contributed by atoms with Crippen LogP contribution in [0.25, 0.3) is 0 Å². The monoisotopic (exact) mass is 137 g/mol. The van der Waals surface area contributed by atoms with Crippen molar-refractivity contribution in [3.8, 4) is 0 Å². The first-order valence-corrected chi connectivity index (χ1v) is 0.224. The molecule has 1 nitrogen and oxygen atoms in total. The van der Waals surface area contributed by atoms with Crippen molar-refractivity contribution >= 4 is 0 Å². The molecule has 0 amide bonds. The Balaban J connectivity index is -0.00000000167. The van der Waals surface area contributed by atoms with Crippen molar-refractivity contribution in [3.63, 3.8) is 0 Å². The molecular weight excluding hydrogens is 136 g/mol. The molecular formula is CHLiNRh-. The van der Waals surface area contributed by atoms with Gasteiger partial charge in [-0.05, 0) is 0 Å². The molecule has 4 heavy (non-hydrogen) atoms. The minimum atomic E-state index is 0. The molecule has 21 valence electrons. The van der Waals surface area contributed by atoms with Crippen LogP contribution in [-0.4, -0.2) is 0 Å². The molecule has 1 radical (unpaired) electrons. The third-order valence-electron chi connectivity index (χ3n) is 0. The average Bonchev–Trinajstić information content (AvgIpc) is 1.00. The van der Waals surface area contributed by atoms with Crippen molar-refractivity contribution in [2.24, 2.45) is 0 Å². The molecule has 0 atom stereocenters. The normalized spacial score (nSPS) is 0.500. The molecule has 0 saturated heterocycles. The van der Waals surface area contributed by atoms with Crippen molar-refractivity contribution in [3.05, 3.63) is 6.57 Å². The van der Waals surface area contributed by atoms with E-state index in [2.05, 4.69) is 0 Å². The van der Waals surface area contributed by atoms with Crippen molar-refractivity contribution in [2.75, 3.05) is 0 Å².